The number of aryl methyl sites for hydroxylation is 1. The smallest absolute Gasteiger partial charge is 0.246 e. The molecule has 1 aliphatic rings. The van der Waals surface area contributed by atoms with Crippen molar-refractivity contribution >= 4 is 11.6 Å². The number of carbonyl (C=O) groups is 1. The van der Waals surface area contributed by atoms with Crippen molar-refractivity contribution in [3.63, 3.8) is 0 Å². The molecule has 0 saturated heterocycles. The summed E-state index contributed by atoms with van der Waals surface area (Å²) in [5.74, 6) is -1.07. The van der Waals surface area contributed by atoms with Crippen molar-refractivity contribution in [2.45, 2.75) is 32.7 Å². The zero-order valence-corrected chi connectivity index (χ0v) is 12.3. The molecule has 4 nitrogen and oxygen atoms in total. The van der Waals surface area contributed by atoms with Gasteiger partial charge in [-0.05, 0) is 42.9 Å². The first-order valence-corrected chi connectivity index (χ1v) is 7.31. The summed E-state index contributed by atoms with van der Waals surface area (Å²) in [7, 11) is 0. The second-order valence-electron chi connectivity index (χ2n) is 5.82. The van der Waals surface area contributed by atoms with Crippen LogP contribution in [0.15, 0.2) is 24.4 Å². The zero-order valence-electron chi connectivity index (χ0n) is 12.3. The van der Waals surface area contributed by atoms with E-state index in [9.17, 15) is 13.6 Å². The van der Waals surface area contributed by atoms with Crippen molar-refractivity contribution < 1.29 is 13.6 Å². The molecule has 116 valence electrons. The number of aromatic nitrogens is 2. The van der Waals surface area contributed by atoms with E-state index in [2.05, 4.69) is 17.3 Å². The molecule has 1 unspecified atom stereocenters. The van der Waals surface area contributed by atoms with Gasteiger partial charge in [0.15, 0.2) is 0 Å². The molecule has 1 aromatic heterocycles. The van der Waals surface area contributed by atoms with Gasteiger partial charge in [0.25, 0.3) is 0 Å². The van der Waals surface area contributed by atoms with Crippen molar-refractivity contribution in [3.8, 4) is 0 Å². The van der Waals surface area contributed by atoms with Gasteiger partial charge >= 0.3 is 0 Å². The molecule has 0 bridgehead atoms. The molecule has 1 heterocycles. The Kier molecular flexibility index (Phi) is 3.92. The predicted octanol–water partition coefficient (Wildman–Crippen LogP) is 2.92. The maximum absolute atomic E-state index is 13.5. The Hall–Kier alpha value is -2.24. The lowest BCUT2D eigenvalue weighted by molar-refractivity contribution is -0.116. The van der Waals surface area contributed by atoms with Gasteiger partial charge in [-0.1, -0.05) is 6.92 Å². The summed E-state index contributed by atoms with van der Waals surface area (Å²) in [5.41, 5.74) is 2.04. The summed E-state index contributed by atoms with van der Waals surface area (Å²) in [4.78, 5) is 12.0. The molecule has 0 aliphatic heterocycles. The van der Waals surface area contributed by atoms with E-state index in [4.69, 9.17) is 0 Å². The summed E-state index contributed by atoms with van der Waals surface area (Å²) >= 11 is 0. The SMILES string of the molecule is CC1CCc2nn(CC(=O)Nc3cc(F)ccc3F)cc2C1. The van der Waals surface area contributed by atoms with Gasteiger partial charge in [-0.15, -0.1) is 0 Å². The molecule has 1 atom stereocenters. The number of nitrogens with zero attached hydrogens (tertiary/aromatic N) is 2. The van der Waals surface area contributed by atoms with Crippen LogP contribution in [0.1, 0.15) is 24.6 Å². The molecular weight excluding hydrogens is 288 g/mol. The molecule has 22 heavy (non-hydrogen) atoms. The Balaban J connectivity index is 1.68. The minimum atomic E-state index is -0.664. The maximum atomic E-state index is 13.5. The van der Waals surface area contributed by atoms with Crippen molar-refractivity contribution in [3.05, 3.63) is 47.3 Å². The molecule has 6 heteroatoms. The van der Waals surface area contributed by atoms with E-state index in [1.54, 1.807) is 4.68 Å². The lowest BCUT2D eigenvalue weighted by Crippen LogP contribution is -2.20. The Morgan fingerprint density at radius 3 is 3.09 bits per heavy atom. The lowest BCUT2D eigenvalue weighted by atomic mass is 9.89. The minimum Gasteiger partial charge on any atom is -0.322 e. The quantitative estimate of drug-likeness (QED) is 0.948. The van der Waals surface area contributed by atoms with Gasteiger partial charge in [0.1, 0.15) is 18.2 Å². The standard InChI is InChI=1S/C16H17F2N3O/c1-10-2-5-14-11(6-10)8-21(20-14)9-16(22)19-15-7-12(17)3-4-13(15)18/h3-4,7-8,10H,2,5-6,9H2,1H3,(H,19,22). The Labute approximate surface area is 127 Å². The minimum absolute atomic E-state index is 0.0165. The highest BCUT2D eigenvalue weighted by molar-refractivity contribution is 5.90. The van der Waals surface area contributed by atoms with Gasteiger partial charge in [0, 0.05) is 12.3 Å². The van der Waals surface area contributed by atoms with E-state index in [1.807, 2.05) is 6.20 Å². The number of carbonyl (C=O) groups excluding carboxylic acids is 1. The summed E-state index contributed by atoms with van der Waals surface area (Å²) in [5, 5.41) is 6.77. The van der Waals surface area contributed by atoms with Crippen LogP contribution in [0.25, 0.3) is 0 Å². The van der Waals surface area contributed by atoms with E-state index in [0.717, 1.165) is 43.2 Å². The third-order valence-corrected chi connectivity index (χ3v) is 3.88. The van der Waals surface area contributed by atoms with E-state index in [1.165, 1.54) is 5.56 Å². The molecule has 1 amide bonds. The van der Waals surface area contributed by atoms with Crippen LogP contribution in [0.3, 0.4) is 0 Å². The number of anilines is 1. The summed E-state index contributed by atoms with van der Waals surface area (Å²) in [6.45, 7) is 2.18. The molecule has 3 rings (SSSR count). The number of benzene rings is 1. The number of nitrogens with one attached hydrogen (secondary N) is 1. The summed E-state index contributed by atoms with van der Waals surface area (Å²) < 4.78 is 28.1. The first-order chi connectivity index (χ1) is 10.5. The third-order valence-electron chi connectivity index (χ3n) is 3.88. The van der Waals surface area contributed by atoms with Gasteiger partial charge in [-0.2, -0.15) is 5.10 Å². The van der Waals surface area contributed by atoms with E-state index in [0.29, 0.717) is 5.92 Å². The van der Waals surface area contributed by atoms with Crippen LogP contribution in [-0.2, 0) is 24.2 Å². The van der Waals surface area contributed by atoms with Gasteiger partial charge in [-0.25, -0.2) is 8.78 Å². The number of rotatable bonds is 3. The molecular formula is C16H17F2N3O. The molecule has 1 aliphatic carbocycles. The second kappa shape index (κ2) is 5.87. The molecule has 0 radical (unpaired) electrons. The van der Waals surface area contributed by atoms with E-state index >= 15 is 0 Å². The Morgan fingerprint density at radius 1 is 1.45 bits per heavy atom. The highest BCUT2D eigenvalue weighted by Crippen LogP contribution is 2.24. The zero-order chi connectivity index (χ0) is 15.7. The van der Waals surface area contributed by atoms with Crippen molar-refractivity contribution in [2.24, 2.45) is 5.92 Å². The maximum Gasteiger partial charge on any atom is 0.246 e. The van der Waals surface area contributed by atoms with Gasteiger partial charge in [0.2, 0.25) is 5.91 Å². The predicted molar refractivity (Wildman–Crippen MR) is 78.4 cm³/mol. The van der Waals surface area contributed by atoms with E-state index < -0.39 is 17.5 Å². The molecule has 1 N–H and O–H groups in total. The summed E-state index contributed by atoms with van der Waals surface area (Å²) in [6.07, 6.45) is 4.86. The number of fused-ring (bicyclic) bond motifs is 1. The Morgan fingerprint density at radius 2 is 2.27 bits per heavy atom. The number of hydrogen-bond acceptors (Lipinski definition) is 2. The van der Waals surface area contributed by atoms with Crippen LogP contribution in [-0.4, -0.2) is 15.7 Å². The normalized spacial score (nSPS) is 17.1. The molecule has 2 aromatic rings. The second-order valence-corrected chi connectivity index (χ2v) is 5.82. The van der Waals surface area contributed by atoms with Crippen LogP contribution in [0.4, 0.5) is 14.5 Å². The molecule has 1 aromatic carbocycles. The van der Waals surface area contributed by atoms with Crippen LogP contribution in [0.5, 0.6) is 0 Å². The fourth-order valence-electron chi connectivity index (χ4n) is 2.76. The first kappa shape index (κ1) is 14.7. The average molecular weight is 305 g/mol. The van der Waals surface area contributed by atoms with Crippen LogP contribution >= 0.6 is 0 Å². The topological polar surface area (TPSA) is 46.9 Å². The highest BCUT2D eigenvalue weighted by atomic mass is 19.1. The number of amides is 1. The van der Waals surface area contributed by atoms with Gasteiger partial charge in [-0.3, -0.25) is 9.48 Å². The van der Waals surface area contributed by atoms with Crippen LogP contribution in [0.2, 0.25) is 0 Å². The first-order valence-electron chi connectivity index (χ1n) is 7.31. The fourth-order valence-corrected chi connectivity index (χ4v) is 2.76. The van der Waals surface area contributed by atoms with Crippen molar-refractivity contribution in [2.75, 3.05) is 5.32 Å². The molecule has 0 saturated carbocycles. The lowest BCUT2D eigenvalue weighted by Gasteiger charge is -2.15. The monoisotopic (exact) mass is 305 g/mol. The van der Waals surface area contributed by atoms with Gasteiger partial charge < -0.3 is 5.32 Å². The van der Waals surface area contributed by atoms with Crippen molar-refractivity contribution in [1.82, 2.24) is 9.78 Å². The molecule has 0 spiro atoms. The molecule has 0 fully saturated rings. The van der Waals surface area contributed by atoms with Crippen LogP contribution in [0, 0.1) is 17.6 Å². The van der Waals surface area contributed by atoms with Crippen molar-refractivity contribution in [1.29, 1.82) is 0 Å². The number of hydrogen-bond donors (Lipinski definition) is 1. The average Bonchev–Trinajstić information content (AvgIpc) is 2.84. The number of halogens is 2. The largest absolute Gasteiger partial charge is 0.322 e. The summed E-state index contributed by atoms with van der Waals surface area (Å²) in [6, 6.07) is 2.95. The van der Waals surface area contributed by atoms with E-state index in [-0.39, 0.29) is 12.2 Å². The van der Waals surface area contributed by atoms with Gasteiger partial charge in [0.05, 0.1) is 11.4 Å². The van der Waals surface area contributed by atoms with Crippen LogP contribution < -0.4 is 5.32 Å². The highest BCUT2D eigenvalue weighted by Gasteiger charge is 2.19. The third kappa shape index (κ3) is 3.16. The fraction of sp³-hybridized carbons (Fsp3) is 0.375. The Bertz CT molecular complexity index is 711.